The van der Waals surface area contributed by atoms with Crippen LogP contribution in [0.4, 0.5) is 0 Å². The Labute approximate surface area is 337 Å². The maximum absolute atomic E-state index is 14.9. The van der Waals surface area contributed by atoms with E-state index in [1.165, 1.54) is 4.90 Å². The predicted octanol–water partition coefficient (Wildman–Crippen LogP) is 3.23. The van der Waals surface area contributed by atoms with Crippen LogP contribution < -0.4 is 15.4 Å². The number of benzene rings is 3. The quantitative estimate of drug-likeness (QED) is 0.126. The molecule has 3 fully saturated rings. The standard InChI is InChI=1S/C42H47N7O8S/c50-38(46-58(55,56)33-21-22-33)34(23-28-13-5-1-6-14-28)43-39(51)36-24-32(49-26-35(45-47-49)30-17-9-3-10-18-30)25-48(36)41(53)37(31-19-11-4-12-20-31)44-40(52)42(54)57-27-29-15-7-2-8-16-29/h1-3,5-10,13-18,26,31-34,36-37H,4,11-12,19-25,27H2,(H,43,51)(H,44,52)(H,46,50)/t32-,34+,36-,37-/m0/s1. The van der Waals surface area contributed by atoms with Crippen molar-refractivity contribution in [3.8, 4) is 11.3 Å². The van der Waals surface area contributed by atoms with Crippen molar-refractivity contribution < 1.29 is 37.1 Å². The van der Waals surface area contributed by atoms with Gasteiger partial charge in [-0.1, -0.05) is 115 Å². The average molecular weight is 810 g/mol. The van der Waals surface area contributed by atoms with Crippen LogP contribution in [-0.4, -0.2) is 87.8 Å². The monoisotopic (exact) mass is 809 g/mol. The predicted molar refractivity (Wildman–Crippen MR) is 212 cm³/mol. The topological polar surface area (TPSA) is 199 Å². The Morgan fingerprint density at radius 2 is 1.43 bits per heavy atom. The van der Waals surface area contributed by atoms with Crippen molar-refractivity contribution in [3.05, 3.63) is 108 Å². The molecule has 15 nitrogen and oxygen atoms in total. The highest BCUT2D eigenvalue weighted by Crippen LogP contribution is 2.33. The lowest BCUT2D eigenvalue weighted by molar-refractivity contribution is -0.157. The molecule has 2 saturated carbocycles. The second-order valence-corrected chi connectivity index (χ2v) is 17.2. The Bertz CT molecular complexity index is 2190. The maximum atomic E-state index is 14.9. The fourth-order valence-corrected chi connectivity index (χ4v) is 9.06. The molecule has 304 valence electrons. The van der Waals surface area contributed by atoms with Crippen molar-refractivity contribution in [2.45, 2.75) is 93.8 Å². The highest BCUT2D eigenvalue weighted by Gasteiger charge is 2.46. The first-order valence-corrected chi connectivity index (χ1v) is 21.3. The minimum Gasteiger partial charge on any atom is -0.454 e. The van der Waals surface area contributed by atoms with E-state index in [2.05, 4.69) is 25.7 Å². The summed E-state index contributed by atoms with van der Waals surface area (Å²) in [6.07, 6.45) is 6.49. The van der Waals surface area contributed by atoms with E-state index in [0.29, 0.717) is 42.5 Å². The van der Waals surface area contributed by atoms with Crippen LogP contribution in [0.15, 0.2) is 97.2 Å². The lowest BCUT2D eigenvalue weighted by atomic mass is 9.83. The van der Waals surface area contributed by atoms with E-state index < -0.39 is 69.0 Å². The molecule has 3 aliphatic rings. The second-order valence-electron chi connectivity index (χ2n) is 15.2. The highest BCUT2D eigenvalue weighted by molar-refractivity contribution is 7.90. The molecular weight excluding hydrogens is 763 g/mol. The van der Waals surface area contributed by atoms with Crippen molar-refractivity contribution >= 4 is 39.6 Å². The zero-order valence-electron chi connectivity index (χ0n) is 31.9. The number of likely N-dealkylation sites (tertiary alicyclic amines) is 1. The van der Waals surface area contributed by atoms with Gasteiger partial charge in [-0.05, 0) is 42.7 Å². The van der Waals surface area contributed by atoms with Crippen molar-refractivity contribution in [3.63, 3.8) is 0 Å². The van der Waals surface area contributed by atoms with Crippen LogP contribution in [0.1, 0.15) is 68.5 Å². The summed E-state index contributed by atoms with van der Waals surface area (Å²) in [6, 6.07) is 23.0. The Hall–Kier alpha value is -5.90. The van der Waals surface area contributed by atoms with E-state index in [9.17, 15) is 32.4 Å². The molecule has 4 amide bonds. The fraction of sp³-hybridized carbons (Fsp3) is 0.405. The Morgan fingerprint density at radius 3 is 2.09 bits per heavy atom. The third kappa shape index (κ3) is 9.96. The normalized spacial score (nSPS) is 19.4. The number of nitrogens with zero attached hydrogens (tertiary/aromatic N) is 4. The van der Waals surface area contributed by atoms with Crippen molar-refractivity contribution in [1.29, 1.82) is 0 Å². The van der Waals surface area contributed by atoms with Gasteiger partial charge in [0, 0.05) is 24.9 Å². The van der Waals surface area contributed by atoms with Crippen LogP contribution in [0.5, 0.6) is 0 Å². The zero-order valence-corrected chi connectivity index (χ0v) is 32.8. The fourth-order valence-electron chi connectivity index (χ4n) is 7.71. The number of sulfonamides is 1. The van der Waals surface area contributed by atoms with E-state index in [1.54, 1.807) is 65.5 Å². The SMILES string of the molecule is O=C(N[C@H](C(=O)N1C[C@@H](n2cc(-c3ccccc3)nn2)C[C@H]1C(=O)N[C@H](Cc1ccccc1)C(=O)NS(=O)(=O)C1CC1)C1CCCCC1)C(=O)OCc1ccccc1. The number of rotatable bonds is 14. The summed E-state index contributed by atoms with van der Waals surface area (Å²) in [6.45, 7) is -0.134. The van der Waals surface area contributed by atoms with Crippen LogP contribution in [0.3, 0.4) is 0 Å². The first-order chi connectivity index (χ1) is 28.1. The molecule has 16 heteroatoms. The molecule has 0 bridgehead atoms. The summed E-state index contributed by atoms with van der Waals surface area (Å²) >= 11 is 0. The molecule has 7 rings (SSSR count). The van der Waals surface area contributed by atoms with Gasteiger partial charge in [-0.15, -0.1) is 5.10 Å². The molecule has 2 heterocycles. The van der Waals surface area contributed by atoms with E-state index in [-0.39, 0.29) is 31.9 Å². The summed E-state index contributed by atoms with van der Waals surface area (Å²) in [5, 5.41) is 13.5. The number of aromatic nitrogens is 3. The average Bonchev–Trinajstić information content (AvgIpc) is 3.85. The van der Waals surface area contributed by atoms with Gasteiger partial charge in [-0.3, -0.25) is 23.9 Å². The number of carbonyl (C=O) groups is 5. The van der Waals surface area contributed by atoms with Gasteiger partial charge in [-0.2, -0.15) is 0 Å². The number of ether oxygens (including phenoxy) is 1. The zero-order chi connectivity index (χ0) is 40.6. The largest absolute Gasteiger partial charge is 0.454 e. The van der Waals surface area contributed by atoms with Gasteiger partial charge < -0.3 is 20.3 Å². The lowest BCUT2D eigenvalue weighted by Crippen LogP contribution is -2.59. The Balaban J connectivity index is 1.16. The molecule has 0 unspecified atom stereocenters. The summed E-state index contributed by atoms with van der Waals surface area (Å²) in [5.74, 6) is -4.68. The molecule has 3 N–H and O–H groups in total. The maximum Gasteiger partial charge on any atom is 0.397 e. The van der Waals surface area contributed by atoms with Crippen molar-refractivity contribution in [2.24, 2.45) is 5.92 Å². The van der Waals surface area contributed by atoms with Gasteiger partial charge in [0.2, 0.25) is 21.8 Å². The summed E-state index contributed by atoms with van der Waals surface area (Å²) in [7, 11) is -3.94. The third-order valence-electron chi connectivity index (χ3n) is 11.0. The number of hydrogen-bond acceptors (Lipinski definition) is 10. The number of esters is 1. The lowest BCUT2D eigenvalue weighted by Gasteiger charge is -2.34. The van der Waals surface area contributed by atoms with Crippen LogP contribution in [-0.2, 0) is 51.8 Å². The molecule has 3 aromatic carbocycles. The minimum atomic E-state index is -3.94. The van der Waals surface area contributed by atoms with Gasteiger partial charge in [0.15, 0.2) is 0 Å². The molecule has 4 aromatic rings. The van der Waals surface area contributed by atoms with Crippen molar-refractivity contribution in [1.82, 2.24) is 35.2 Å². The van der Waals surface area contributed by atoms with Crippen LogP contribution in [0.25, 0.3) is 11.3 Å². The smallest absolute Gasteiger partial charge is 0.397 e. The Morgan fingerprint density at radius 1 is 0.793 bits per heavy atom. The summed E-state index contributed by atoms with van der Waals surface area (Å²) < 4.78 is 34.7. The number of nitrogens with one attached hydrogen (secondary N) is 3. The number of hydrogen-bond donors (Lipinski definition) is 3. The molecule has 1 saturated heterocycles. The first-order valence-electron chi connectivity index (χ1n) is 19.7. The van der Waals surface area contributed by atoms with Gasteiger partial charge in [0.05, 0.1) is 17.5 Å². The first kappa shape index (κ1) is 40.3. The van der Waals surface area contributed by atoms with Gasteiger partial charge in [0.25, 0.3) is 5.91 Å². The van der Waals surface area contributed by atoms with E-state index in [0.717, 1.165) is 24.8 Å². The summed E-state index contributed by atoms with van der Waals surface area (Å²) in [5.41, 5.74) is 2.78. The third-order valence-corrected chi connectivity index (χ3v) is 12.8. The molecule has 2 aliphatic carbocycles. The Kier molecular flexibility index (Phi) is 12.6. The van der Waals surface area contributed by atoms with Gasteiger partial charge in [0.1, 0.15) is 30.4 Å². The van der Waals surface area contributed by atoms with Gasteiger partial charge in [-0.25, -0.2) is 17.9 Å². The second kappa shape index (κ2) is 18.1. The van der Waals surface area contributed by atoms with E-state index in [1.807, 2.05) is 36.4 Å². The number of amides is 4. The van der Waals surface area contributed by atoms with E-state index >= 15 is 0 Å². The summed E-state index contributed by atoms with van der Waals surface area (Å²) in [4.78, 5) is 70.7. The molecule has 1 aromatic heterocycles. The van der Waals surface area contributed by atoms with Crippen molar-refractivity contribution in [2.75, 3.05) is 6.54 Å². The molecule has 0 radical (unpaired) electrons. The molecule has 0 spiro atoms. The molecular formula is C42H47N7O8S. The van der Waals surface area contributed by atoms with E-state index in [4.69, 9.17) is 4.74 Å². The van der Waals surface area contributed by atoms with Crippen LogP contribution in [0, 0.1) is 5.92 Å². The molecule has 1 aliphatic heterocycles. The van der Waals surface area contributed by atoms with Gasteiger partial charge >= 0.3 is 11.9 Å². The number of carbonyl (C=O) groups excluding carboxylic acids is 5. The highest BCUT2D eigenvalue weighted by atomic mass is 32.2. The van der Waals surface area contributed by atoms with Crippen LogP contribution >= 0.6 is 0 Å². The minimum absolute atomic E-state index is 0.00232. The molecule has 4 atom stereocenters. The van der Waals surface area contributed by atoms with Crippen LogP contribution in [0.2, 0.25) is 0 Å². The molecule has 58 heavy (non-hydrogen) atoms.